The fourth-order valence-electron chi connectivity index (χ4n) is 2.73. The van der Waals surface area contributed by atoms with Gasteiger partial charge in [-0.3, -0.25) is 14.9 Å². The van der Waals surface area contributed by atoms with Crippen molar-refractivity contribution < 1.29 is 22.9 Å². The first-order valence-electron chi connectivity index (χ1n) is 7.89. The van der Waals surface area contributed by atoms with Gasteiger partial charge < -0.3 is 10.1 Å². The molecule has 0 saturated carbocycles. The van der Waals surface area contributed by atoms with Gasteiger partial charge in [0.15, 0.2) is 0 Å². The maximum absolute atomic E-state index is 12.5. The van der Waals surface area contributed by atoms with Gasteiger partial charge in [-0.25, -0.2) is 12.7 Å². The first-order valence-corrected chi connectivity index (χ1v) is 9.50. The number of nitrogens with one attached hydrogen (secondary N) is 1. The normalized spacial score (nSPS) is 18.6. The number of nitro benzene ring substituents is 1. The molecule has 1 atom stereocenters. The van der Waals surface area contributed by atoms with Gasteiger partial charge in [0.25, 0.3) is 5.69 Å². The minimum atomic E-state index is -3.35. The molecule has 1 heterocycles. The van der Waals surface area contributed by atoms with Gasteiger partial charge in [0.2, 0.25) is 15.9 Å². The van der Waals surface area contributed by atoms with E-state index in [1.807, 2.05) is 0 Å². The van der Waals surface area contributed by atoms with Gasteiger partial charge >= 0.3 is 0 Å². The number of non-ortho nitro benzene ring substituents is 1. The Bertz CT molecular complexity index is 765. The lowest BCUT2D eigenvalue weighted by Crippen LogP contribution is -2.44. The van der Waals surface area contributed by atoms with Crippen molar-refractivity contribution in [3.05, 3.63) is 28.3 Å². The summed E-state index contributed by atoms with van der Waals surface area (Å²) in [5, 5.41) is 13.5. The van der Waals surface area contributed by atoms with E-state index in [1.165, 1.54) is 29.6 Å². The predicted octanol–water partition coefficient (Wildman–Crippen LogP) is 1.60. The zero-order valence-electron chi connectivity index (χ0n) is 14.1. The fraction of sp³-hybridized carbons (Fsp3) is 0.533. The third-order valence-electron chi connectivity index (χ3n) is 4.16. The second-order valence-corrected chi connectivity index (χ2v) is 7.99. The van der Waals surface area contributed by atoms with Crippen LogP contribution >= 0.6 is 0 Å². The Morgan fingerprint density at radius 2 is 2.20 bits per heavy atom. The third-order valence-corrected chi connectivity index (χ3v) is 6.01. The molecule has 9 nitrogen and oxygen atoms in total. The van der Waals surface area contributed by atoms with E-state index in [0.29, 0.717) is 25.1 Å². The number of hydrogen-bond donors (Lipinski definition) is 1. The molecule has 1 aromatic carbocycles. The minimum Gasteiger partial charge on any atom is -0.495 e. The molecule has 0 bridgehead atoms. The molecular formula is C15H21N3O6S. The number of piperidine rings is 1. The van der Waals surface area contributed by atoms with Gasteiger partial charge in [-0.1, -0.05) is 0 Å². The molecule has 1 amide bonds. The third kappa shape index (κ3) is 4.45. The van der Waals surface area contributed by atoms with Crippen molar-refractivity contribution in [3.8, 4) is 5.75 Å². The lowest BCUT2D eigenvalue weighted by atomic mass is 9.98. The summed E-state index contributed by atoms with van der Waals surface area (Å²) in [6, 6.07) is 3.91. The van der Waals surface area contributed by atoms with E-state index >= 15 is 0 Å². The second-order valence-electron chi connectivity index (χ2n) is 5.73. The Morgan fingerprint density at radius 3 is 2.80 bits per heavy atom. The number of ether oxygens (including phenoxy) is 1. The van der Waals surface area contributed by atoms with Crippen LogP contribution in [0.4, 0.5) is 11.4 Å². The van der Waals surface area contributed by atoms with Crippen LogP contribution in [0, 0.1) is 16.0 Å². The van der Waals surface area contributed by atoms with Crippen molar-refractivity contribution in [2.24, 2.45) is 5.92 Å². The number of sulfonamides is 1. The lowest BCUT2D eigenvalue weighted by Gasteiger charge is -2.31. The number of rotatable bonds is 6. The average molecular weight is 371 g/mol. The Kier molecular flexibility index (Phi) is 5.96. The Balaban J connectivity index is 2.16. The maximum atomic E-state index is 12.5. The topological polar surface area (TPSA) is 119 Å². The Hall–Kier alpha value is -2.20. The summed E-state index contributed by atoms with van der Waals surface area (Å²) in [4.78, 5) is 22.9. The van der Waals surface area contributed by atoms with Crippen molar-refractivity contribution in [2.45, 2.75) is 19.8 Å². The summed E-state index contributed by atoms with van der Waals surface area (Å²) in [5.74, 6) is -0.610. The molecular weight excluding hydrogens is 350 g/mol. The summed E-state index contributed by atoms with van der Waals surface area (Å²) in [5.41, 5.74) is 0.0205. The second kappa shape index (κ2) is 7.79. The predicted molar refractivity (Wildman–Crippen MR) is 92.0 cm³/mol. The molecule has 0 radical (unpaired) electrons. The molecule has 1 N–H and O–H groups in total. The Labute approximate surface area is 146 Å². The number of benzene rings is 1. The van der Waals surface area contributed by atoms with Gasteiger partial charge in [-0.2, -0.15) is 0 Å². The molecule has 1 saturated heterocycles. The summed E-state index contributed by atoms with van der Waals surface area (Å²) in [7, 11) is -1.96. The van der Waals surface area contributed by atoms with Crippen LogP contribution in [0.2, 0.25) is 0 Å². The van der Waals surface area contributed by atoms with Crippen LogP contribution in [-0.2, 0) is 14.8 Å². The standard InChI is InChI=1S/C15H21N3O6S/c1-3-25(22,23)17-8-4-5-11(10-17)15(19)16-13-9-12(18(20)21)6-7-14(13)24-2/h6-7,9,11H,3-5,8,10H2,1-2H3,(H,16,19)/t11-/m1/s1. The number of anilines is 1. The Morgan fingerprint density at radius 1 is 1.48 bits per heavy atom. The largest absolute Gasteiger partial charge is 0.495 e. The molecule has 2 rings (SSSR count). The van der Waals surface area contributed by atoms with Crippen molar-refractivity contribution in [1.29, 1.82) is 0 Å². The van der Waals surface area contributed by atoms with Crippen LogP contribution in [0.5, 0.6) is 5.75 Å². The van der Waals surface area contributed by atoms with E-state index in [4.69, 9.17) is 4.74 Å². The number of carbonyl (C=O) groups is 1. The van der Waals surface area contributed by atoms with Crippen molar-refractivity contribution in [2.75, 3.05) is 31.3 Å². The molecule has 1 aliphatic rings. The average Bonchev–Trinajstić information content (AvgIpc) is 2.61. The summed E-state index contributed by atoms with van der Waals surface area (Å²) in [6.07, 6.45) is 1.14. The maximum Gasteiger partial charge on any atom is 0.271 e. The molecule has 1 aliphatic heterocycles. The fourth-order valence-corrected chi connectivity index (χ4v) is 3.91. The van der Waals surface area contributed by atoms with Crippen LogP contribution < -0.4 is 10.1 Å². The highest BCUT2D eigenvalue weighted by atomic mass is 32.2. The van der Waals surface area contributed by atoms with Gasteiger partial charge in [-0.05, 0) is 25.8 Å². The van der Waals surface area contributed by atoms with Crippen molar-refractivity contribution in [3.63, 3.8) is 0 Å². The molecule has 25 heavy (non-hydrogen) atoms. The molecule has 1 aromatic rings. The smallest absolute Gasteiger partial charge is 0.271 e. The van der Waals surface area contributed by atoms with Gasteiger partial charge in [0.05, 0.1) is 29.4 Å². The van der Waals surface area contributed by atoms with E-state index in [9.17, 15) is 23.3 Å². The van der Waals surface area contributed by atoms with Crippen LogP contribution in [0.15, 0.2) is 18.2 Å². The van der Waals surface area contributed by atoms with Crippen LogP contribution in [0.3, 0.4) is 0 Å². The number of carbonyl (C=O) groups excluding carboxylic acids is 1. The monoisotopic (exact) mass is 371 g/mol. The highest BCUT2D eigenvalue weighted by molar-refractivity contribution is 7.89. The molecule has 0 spiro atoms. The SMILES string of the molecule is CCS(=O)(=O)N1CCC[C@@H](C(=O)Nc2cc([N+](=O)[O-])ccc2OC)C1. The number of amides is 1. The summed E-state index contributed by atoms with van der Waals surface area (Å²) in [6.45, 7) is 2.08. The molecule has 1 fully saturated rings. The van der Waals surface area contributed by atoms with Crippen molar-refractivity contribution >= 4 is 27.3 Å². The van der Waals surface area contributed by atoms with E-state index in [-0.39, 0.29) is 29.6 Å². The number of methoxy groups -OCH3 is 1. The van der Waals surface area contributed by atoms with Gasteiger partial charge in [0.1, 0.15) is 5.75 Å². The van der Waals surface area contributed by atoms with E-state index in [2.05, 4.69) is 5.32 Å². The number of nitrogens with zero attached hydrogens (tertiary/aromatic N) is 2. The first kappa shape index (κ1) is 19.1. The van der Waals surface area contributed by atoms with E-state index in [0.717, 1.165) is 0 Å². The van der Waals surface area contributed by atoms with Crippen LogP contribution in [0.25, 0.3) is 0 Å². The summed E-state index contributed by atoms with van der Waals surface area (Å²) < 4.78 is 30.4. The summed E-state index contributed by atoms with van der Waals surface area (Å²) >= 11 is 0. The first-order chi connectivity index (χ1) is 11.8. The molecule has 0 aromatic heterocycles. The molecule has 0 aliphatic carbocycles. The van der Waals surface area contributed by atoms with Crippen LogP contribution in [-0.4, -0.2) is 49.5 Å². The van der Waals surface area contributed by atoms with Gasteiger partial charge in [-0.15, -0.1) is 0 Å². The van der Waals surface area contributed by atoms with Crippen LogP contribution in [0.1, 0.15) is 19.8 Å². The molecule has 138 valence electrons. The highest BCUT2D eigenvalue weighted by Gasteiger charge is 2.31. The lowest BCUT2D eigenvalue weighted by molar-refractivity contribution is -0.384. The zero-order valence-corrected chi connectivity index (χ0v) is 14.9. The highest BCUT2D eigenvalue weighted by Crippen LogP contribution is 2.30. The van der Waals surface area contributed by atoms with Gasteiger partial charge in [0, 0.05) is 25.2 Å². The molecule has 0 unspecified atom stereocenters. The number of nitro groups is 1. The molecule has 10 heteroatoms. The number of hydrogen-bond acceptors (Lipinski definition) is 6. The van der Waals surface area contributed by atoms with Crippen molar-refractivity contribution in [1.82, 2.24) is 4.31 Å². The minimum absolute atomic E-state index is 0.0138. The zero-order chi connectivity index (χ0) is 18.6. The van der Waals surface area contributed by atoms with E-state index < -0.39 is 20.9 Å². The quantitative estimate of drug-likeness (QED) is 0.599. The van der Waals surface area contributed by atoms with E-state index in [1.54, 1.807) is 6.92 Å².